The second-order valence-corrected chi connectivity index (χ2v) is 7.75. The molecule has 1 atom stereocenters. The van der Waals surface area contributed by atoms with Gasteiger partial charge in [-0.1, -0.05) is 37.3 Å². The lowest BCUT2D eigenvalue weighted by Gasteiger charge is -2.21. The number of aliphatic imine (C=N–C) groups is 1. The number of likely N-dealkylation sites (N-methyl/N-ethyl adjacent to an activating group) is 1. The van der Waals surface area contributed by atoms with Crippen LogP contribution >= 0.6 is 0 Å². The average Bonchev–Trinajstić information content (AvgIpc) is 2.91. The monoisotopic (exact) mass is 389 g/mol. The van der Waals surface area contributed by atoms with Crippen LogP contribution in [0.2, 0.25) is 0 Å². The number of guanidine groups is 1. The molecule has 1 fully saturated rings. The largest absolute Gasteiger partial charge is 0.376 e. The van der Waals surface area contributed by atoms with Crippen LogP contribution in [-0.4, -0.2) is 81.8 Å². The molecule has 1 saturated heterocycles. The van der Waals surface area contributed by atoms with Gasteiger partial charge in [-0.15, -0.1) is 0 Å². The molecule has 0 bridgehead atoms. The maximum absolute atomic E-state index is 5.83. The first-order valence-corrected chi connectivity index (χ1v) is 10.7. The molecule has 28 heavy (non-hydrogen) atoms. The molecule has 6 nitrogen and oxygen atoms in total. The van der Waals surface area contributed by atoms with E-state index in [0.717, 1.165) is 51.8 Å². The van der Waals surface area contributed by atoms with E-state index in [4.69, 9.17) is 9.73 Å². The number of benzene rings is 1. The smallest absolute Gasteiger partial charge is 0.191 e. The predicted molar refractivity (Wildman–Crippen MR) is 118 cm³/mol. The van der Waals surface area contributed by atoms with E-state index in [1.165, 1.54) is 25.1 Å². The lowest BCUT2D eigenvalue weighted by molar-refractivity contribution is 0.0945. The van der Waals surface area contributed by atoms with Gasteiger partial charge in [-0.25, -0.2) is 0 Å². The second-order valence-electron chi connectivity index (χ2n) is 7.75. The normalized spacial score (nSPS) is 17.9. The molecule has 1 aliphatic heterocycles. The van der Waals surface area contributed by atoms with Gasteiger partial charge in [0.15, 0.2) is 5.96 Å². The van der Waals surface area contributed by atoms with Gasteiger partial charge in [0.05, 0.1) is 13.2 Å². The molecule has 1 aliphatic rings. The van der Waals surface area contributed by atoms with Crippen molar-refractivity contribution in [1.29, 1.82) is 0 Å². The molecule has 0 radical (unpaired) electrons. The molecule has 158 valence electrons. The first kappa shape index (κ1) is 22.7. The quantitative estimate of drug-likeness (QED) is 0.474. The molecule has 0 aromatic heterocycles. The topological polar surface area (TPSA) is 52.1 Å². The minimum Gasteiger partial charge on any atom is -0.376 e. The average molecular weight is 390 g/mol. The number of nitrogens with zero attached hydrogens (tertiary/aromatic N) is 3. The highest BCUT2D eigenvalue weighted by Crippen LogP contribution is 2.04. The first-order chi connectivity index (χ1) is 13.7. The van der Waals surface area contributed by atoms with Crippen molar-refractivity contribution < 1.29 is 4.74 Å². The van der Waals surface area contributed by atoms with Gasteiger partial charge in [0.25, 0.3) is 0 Å². The Hall–Kier alpha value is -1.63. The summed E-state index contributed by atoms with van der Waals surface area (Å²) in [6.45, 7) is 14.0. The highest BCUT2D eigenvalue weighted by molar-refractivity contribution is 5.79. The van der Waals surface area contributed by atoms with Crippen molar-refractivity contribution in [2.24, 2.45) is 10.9 Å². The van der Waals surface area contributed by atoms with E-state index >= 15 is 0 Å². The summed E-state index contributed by atoms with van der Waals surface area (Å²) in [7, 11) is 2.21. The van der Waals surface area contributed by atoms with Gasteiger partial charge in [-0.2, -0.15) is 0 Å². The molecule has 6 heteroatoms. The SMILES string of the molecule is CCNC(=NCC(C)COCc1ccccc1)NCCN1CCCN(C)CC1. The van der Waals surface area contributed by atoms with Gasteiger partial charge >= 0.3 is 0 Å². The highest BCUT2D eigenvalue weighted by Gasteiger charge is 2.11. The van der Waals surface area contributed by atoms with Crippen molar-refractivity contribution in [1.82, 2.24) is 20.4 Å². The maximum atomic E-state index is 5.83. The fourth-order valence-electron chi connectivity index (χ4n) is 3.25. The lowest BCUT2D eigenvalue weighted by atomic mass is 10.2. The van der Waals surface area contributed by atoms with Crippen LogP contribution in [0.15, 0.2) is 35.3 Å². The molecule has 1 aromatic carbocycles. The van der Waals surface area contributed by atoms with Gasteiger partial charge in [-0.05, 0) is 45.0 Å². The molecule has 1 heterocycles. The Morgan fingerprint density at radius 1 is 1.14 bits per heavy atom. The summed E-state index contributed by atoms with van der Waals surface area (Å²) in [5.74, 6) is 1.30. The van der Waals surface area contributed by atoms with Crippen LogP contribution in [0.25, 0.3) is 0 Å². The molecule has 2 N–H and O–H groups in total. The van der Waals surface area contributed by atoms with Gasteiger partial charge in [0, 0.05) is 39.3 Å². The second kappa shape index (κ2) is 13.5. The van der Waals surface area contributed by atoms with Gasteiger partial charge in [0.1, 0.15) is 0 Å². The standard InChI is InChI=1S/C22H39N5O/c1-4-23-22(24-11-14-27-13-8-12-26(3)15-16-27)25-17-20(2)18-28-19-21-9-6-5-7-10-21/h5-7,9-10,20H,4,8,11-19H2,1-3H3,(H2,23,24,25). The number of rotatable bonds is 10. The zero-order chi connectivity index (χ0) is 20.0. The molecule has 0 amide bonds. The summed E-state index contributed by atoms with van der Waals surface area (Å²) < 4.78 is 5.83. The van der Waals surface area contributed by atoms with E-state index in [1.54, 1.807) is 0 Å². The summed E-state index contributed by atoms with van der Waals surface area (Å²) in [6, 6.07) is 10.3. The van der Waals surface area contributed by atoms with E-state index in [-0.39, 0.29) is 0 Å². The van der Waals surface area contributed by atoms with Gasteiger partial charge < -0.3 is 25.2 Å². The van der Waals surface area contributed by atoms with E-state index in [9.17, 15) is 0 Å². The number of hydrogen-bond acceptors (Lipinski definition) is 4. The Kier molecular flexibility index (Phi) is 10.9. The Morgan fingerprint density at radius 3 is 2.75 bits per heavy atom. The summed E-state index contributed by atoms with van der Waals surface area (Å²) in [6.07, 6.45) is 1.26. The molecule has 1 aromatic rings. The van der Waals surface area contributed by atoms with E-state index in [1.807, 2.05) is 18.2 Å². The third-order valence-corrected chi connectivity index (χ3v) is 4.95. The fourth-order valence-corrected chi connectivity index (χ4v) is 3.25. The van der Waals surface area contributed by atoms with Crippen LogP contribution in [0, 0.1) is 5.92 Å². The Labute approximate surface area is 171 Å². The summed E-state index contributed by atoms with van der Waals surface area (Å²) in [5.41, 5.74) is 1.22. The number of hydrogen-bond donors (Lipinski definition) is 2. The van der Waals surface area contributed by atoms with Gasteiger partial charge in [0.2, 0.25) is 0 Å². The third-order valence-electron chi connectivity index (χ3n) is 4.95. The van der Waals surface area contributed by atoms with Crippen LogP contribution in [-0.2, 0) is 11.3 Å². The molecular formula is C22H39N5O. The van der Waals surface area contributed by atoms with Crippen LogP contribution in [0.1, 0.15) is 25.8 Å². The summed E-state index contributed by atoms with van der Waals surface area (Å²) in [5, 5.41) is 6.83. The van der Waals surface area contributed by atoms with E-state index < -0.39 is 0 Å². The van der Waals surface area contributed by atoms with Crippen molar-refractivity contribution in [2.45, 2.75) is 26.9 Å². The minimum absolute atomic E-state index is 0.389. The third kappa shape index (κ3) is 9.53. The molecule has 0 saturated carbocycles. The summed E-state index contributed by atoms with van der Waals surface area (Å²) in [4.78, 5) is 9.70. The molecule has 0 spiro atoms. The summed E-state index contributed by atoms with van der Waals surface area (Å²) >= 11 is 0. The van der Waals surface area contributed by atoms with Crippen molar-refractivity contribution >= 4 is 5.96 Å². The Balaban J connectivity index is 1.65. The number of ether oxygens (including phenoxy) is 1. The van der Waals surface area contributed by atoms with Crippen molar-refractivity contribution in [3.63, 3.8) is 0 Å². The van der Waals surface area contributed by atoms with Crippen molar-refractivity contribution in [3.05, 3.63) is 35.9 Å². The van der Waals surface area contributed by atoms with Crippen molar-refractivity contribution in [3.8, 4) is 0 Å². The molecule has 0 aliphatic carbocycles. The molecule has 1 unspecified atom stereocenters. The zero-order valence-electron chi connectivity index (χ0n) is 18.0. The zero-order valence-corrected chi connectivity index (χ0v) is 18.0. The van der Waals surface area contributed by atoms with Crippen LogP contribution in [0.4, 0.5) is 0 Å². The fraction of sp³-hybridized carbons (Fsp3) is 0.682. The Bertz CT molecular complexity index is 551. The van der Waals surface area contributed by atoms with Crippen LogP contribution in [0.3, 0.4) is 0 Å². The number of nitrogens with one attached hydrogen (secondary N) is 2. The van der Waals surface area contributed by atoms with E-state index in [2.05, 4.69) is 53.5 Å². The highest BCUT2D eigenvalue weighted by atomic mass is 16.5. The Morgan fingerprint density at radius 2 is 1.96 bits per heavy atom. The van der Waals surface area contributed by atoms with Crippen LogP contribution in [0.5, 0.6) is 0 Å². The molecule has 2 rings (SSSR count). The van der Waals surface area contributed by atoms with Crippen molar-refractivity contribution in [2.75, 3.05) is 66.0 Å². The maximum Gasteiger partial charge on any atom is 0.191 e. The van der Waals surface area contributed by atoms with Crippen LogP contribution < -0.4 is 10.6 Å². The first-order valence-electron chi connectivity index (χ1n) is 10.7. The minimum atomic E-state index is 0.389. The molecular weight excluding hydrogens is 350 g/mol. The lowest BCUT2D eigenvalue weighted by Crippen LogP contribution is -2.42. The van der Waals surface area contributed by atoms with E-state index in [0.29, 0.717) is 12.5 Å². The predicted octanol–water partition coefficient (Wildman–Crippen LogP) is 2.03. The van der Waals surface area contributed by atoms with Gasteiger partial charge in [-0.3, -0.25) is 4.99 Å².